The highest BCUT2D eigenvalue weighted by atomic mass is 28.4. The number of hydrogen-bond donors (Lipinski definition) is 0. The van der Waals surface area contributed by atoms with Crippen LogP contribution in [0.4, 0.5) is 0 Å². The highest BCUT2D eigenvalue weighted by Crippen LogP contribution is 2.39. The van der Waals surface area contributed by atoms with Gasteiger partial charge in [0.2, 0.25) is 0 Å². The molecular formula is C16H30O4Si. The topological polar surface area (TPSA) is 44.8 Å². The lowest BCUT2D eigenvalue weighted by Gasteiger charge is -2.42. The minimum absolute atomic E-state index is 0.0359. The first-order valence-electron chi connectivity index (χ1n) is 7.71. The van der Waals surface area contributed by atoms with Gasteiger partial charge in [-0.2, -0.15) is 0 Å². The minimum atomic E-state index is -1.80. The lowest BCUT2D eigenvalue weighted by molar-refractivity contribution is -0.134. The first-order chi connectivity index (χ1) is 9.67. The normalized spacial score (nSPS) is 24.3. The molecule has 0 amide bonds. The van der Waals surface area contributed by atoms with Crippen molar-refractivity contribution in [1.29, 1.82) is 0 Å². The summed E-state index contributed by atoms with van der Waals surface area (Å²) in [4.78, 5) is 11.1. The average molecular weight is 314 g/mol. The van der Waals surface area contributed by atoms with E-state index in [1.54, 1.807) is 0 Å². The van der Waals surface area contributed by atoms with Crippen molar-refractivity contribution >= 4 is 14.3 Å². The maximum absolute atomic E-state index is 11.1. The lowest BCUT2D eigenvalue weighted by Crippen LogP contribution is -2.48. The molecule has 4 nitrogen and oxygen atoms in total. The smallest absolute Gasteiger partial charge is 0.330 e. The third kappa shape index (κ3) is 5.56. The van der Waals surface area contributed by atoms with Gasteiger partial charge in [-0.3, -0.25) is 0 Å². The molecule has 0 radical (unpaired) electrons. The Balaban J connectivity index is 2.65. The van der Waals surface area contributed by atoms with Gasteiger partial charge in [0.05, 0.1) is 19.3 Å². The van der Waals surface area contributed by atoms with E-state index in [1.807, 2.05) is 6.08 Å². The fourth-order valence-electron chi connectivity index (χ4n) is 2.09. The summed E-state index contributed by atoms with van der Waals surface area (Å²) < 4.78 is 17.0. The molecule has 0 spiro atoms. The van der Waals surface area contributed by atoms with Gasteiger partial charge in [-0.1, -0.05) is 26.8 Å². The summed E-state index contributed by atoms with van der Waals surface area (Å²) in [7, 11) is -0.416. The quantitative estimate of drug-likeness (QED) is 0.441. The van der Waals surface area contributed by atoms with Crippen molar-refractivity contribution in [3.63, 3.8) is 0 Å². The van der Waals surface area contributed by atoms with Crippen molar-refractivity contribution < 1.29 is 18.7 Å². The molecule has 0 N–H and O–H groups in total. The third-order valence-electron chi connectivity index (χ3n) is 4.46. The monoisotopic (exact) mass is 314 g/mol. The van der Waals surface area contributed by atoms with Gasteiger partial charge < -0.3 is 13.9 Å². The van der Waals surface area contributed by atoms with Gasteiger partial charge in [-0.15, -0.1) is 0 Å². The maximum Gasteiger partial charge on any atom is 0.330 e. The molecule has 0 aromatic rings. The number of methoxy groups -OCH3 is 1. The SMILES string of the molecule is COC(=O)/C=C/C[C@H]1OCCC[C@H]1O[Si](C)(C)C(C)(C)C. The first kappa shape index (κ1) is 18.4. The van der Waals surface area contributed by atoms with Gasteiger partial charge in [0, 0.05) is 12.7 Å². The number of hydrogen-bond acceptors (Lipinski definition) is 4. The Labute approximate surface area is 130 Å². The van der Waals surface area contributed by atoms with E-state index in [4.69, 9.17) is 9.16 Å². The average Bonchev–Trinajstić information content (AvgIpc) is 2.38. The van der Waals surface area contributed by atoms with Gasteiger partial charge >= 0.3 is 5.97 Å². The van der Waals surface area contributed by atoms with Crippen LogP contribution in [0.2, 0.25) is 18.1 Å². The molecule has 0 aromatic carbocycles. The van der Waals surface area contributed by atoms with Crippen LogP contribution in [0.3, 0.4) is 0 Å². The molecule has 1 aliphatic heterocycles. The zero-order chi connectivity index (χ0) is 16.1. The van der Waals surface area contributed by atoms with Crippen molar-refractivity contribution in [2.24, 2.45) is 0 Å². The highest BCUT2D eigenvalue weighted by Gasteiger charge is 2.41. The second-order valence-electron chi connectivity index (χ2n) is 7.13. The van der Waals surface area contributed by atoms with Crippen LogP contribution in [0.15, 0.2) is 12.2 Å². The van der Waals surface area contributed by atoms with Gasteiger partial charge in [0.25, 0.3) is 0 Å². The van der Waals surface area contributed by atoms with Crippen LogP contribution in [0.1, 0.15) is 40.0 Å². The van der Waals surface area contributed by atoms with Gasteiger partial charge in [-0.25, -0.2) is 4.79 Å². The molecule has 0 aromatic heterocycles. The molecule has 0 unspecified atom stereocenters. The molecule has 0 bridgehead atoms. The van der Waals surface area contributed by atoms with E-state index in [9.17, 15) is 4.79 Å². The van der Waals surface area contributed by atoms with Gasteiger partial charge in [-0.05, 0) is 37.4 Å². The Hall–Kier alpha value is -0.653. The largest absolute Gasteiger partial charge is 0.466 e. The second-order valence-corrected chi connectivity index (χ2v) is 11.9. The molecule has 122 valence electrons. The Morgan fingerprint density at radius 1 is 1.38 bits per heavy atom. The van der Waals surface area contributed by atoms with E-state index in [0.717, 1.165) is 19.4 Å². The predicted molar refractivity (Wildman–Crippen MR) is 86.8 cm³/mol. The van der Waals surface area contributed by atoms with E-state index in [2.05, 4.69) is 38.6 Å². The Bertz CT molecular complexity index is 371. The van der Waals surface area contributed by atoms with Crippen molar-refractivity contribution in [2.45, 2.75) is 70.4 Å². The third-order valence-corrected chi connectivity index (χ3v) is 8.96. The van der Waals surface area contributed by atoms with Crippen LogP contribution >= 0.6 is 0 Å². The summed E-state index contributed by atoms with van der Waals surface area (Å²) >= 11 is 0. The summed E-state index contributed by atoms with van der Waals surface area (Å²) in [5.41, 5.74) is 0. The maximum atomic E-state index is 11.1. The van der Waals surface area contributed by atoms with Gasteiger partial charge in [0.15, 0.2) is 8.32 Å². The van der Waals surface area contributed by atoms with Crippen LogP contribution in [0.25, 0.3) is 0 Å². The van der Waals surface area contributed by atoms with Crippen molar-refractivity contribution in [2.75, 3.05) is 13.7 Å². The molecule has 1 aliphatic rings. The molecule has 1 rings (SSSR count). The second kappa shape index (κ2) is 7.56. The standard InChI is InChI=1S/C16H30O4Si/c1-16(2,3)21(5,6)20-14-10-8-12-19-13(14)9-7-11-15(17)18-4/h7,11,13-14H,8-10,12H2,1-6H3/b11-7+/t13-,14-/m1/s1. The van der Waals surface area contributed by atoms with Crippen LogP contribution in [-0.2, 0) is 18.7 Å². The summed E-state index contributed by atoms with van der Waals surface area (Å²) in [6, 6.07) is 0. The summed E-state index contributed by atoms with van der Waals surface area (Å²) in [5, 5.41) is 0.191. The molecule has 1 fully saturated rings. The Kier molecular flexibility index (Phi) is 6.62. The molecule has 1 heterocycles. The molecular weight excluding hydrogens is 284 g/mol. The van der Waals surface area contributed by atoms with Crippen molar-refractivity contribution in [3.8, 4) is 0 Å². The van der Waals surface area contributed by atoms with E-state index < -0.39 is 8.32 Å². The zero-order valence-electron chi connectivity index (χ0n) is 14.3. The molecule has 0 aliphatic carbocycles. The van der Waals surface area contributed by atoms with Crippen LogP contribution in [0.5, 0.6) is 0 Å². The Morgan fingerprint density at radius 2 is 2.05 bits per heavy atom. The molecule has 5 heteroatoms. The highest BCUT2D eigenvalue weighted by molar-refractivity contribution is 6.74. The van der Waals surface area contributed by atoms with Gasteiger partial charge in [0.1, 0.15) is 0 Å². The summed E-state index contributed by atoms with van der Waals surface area (Å²) in [6.07, 6.45) is 6.20. The number of ether oxygens (including phenoxy) is 2. The Morgan fingerprint density at radius 3 is 2.62 bits per heavy atom. The van der Waals surface area contributed by atoms with E-state index >= 15 is 0 Å². The van der Waals surface area contributed by atoms with Crippen LogP contribution in [0, 0.1) is 0 Å². The first-order valence-corrected chi connectivity index (χ1v) is 10.6. The van der Waals surface area contributed by atoms with Crippen LogP contribution < -0.4 is 0 Å². The summed E-state index contributed by atoms with van der Waals surface area (Å²) in [5.74, 6) is -0.326. The fraction of sp³-hybridized carbons (Fsp3) is 0.812. The fourth-order valence-corrected chi connectivity index (χ4v) is 3.47. The minimum Gasteiger partial charge on any atom is -0.466 e. The van der Waals surface area contributed by atoms with E-state index in [-0.39, 0.29) is 23.2 Å². The number of esters is 1. The van der Waals surface area contributed by atoms with Crippen molar-refractivity contribution in [1.82, 2.24) is 0 Å². The number of carbonyl (C=O) groups is 1. The zero-order valence-corrected chi connectivity index (χ0v) is 15.3. The number of rotatable bonds is 5. The van der Waals surface area contributed by atoms with Crippen molar-refractivity contribution in [3.05, 3.63) is 12.2 Å². The number of carbonyl (C=O) groups excluding carboxylic acids is 1. The molecule has 21 heavy (non-hydrogen) atoms. The molecule has 1 saturated heterocycles. The lowest BCUT2D eigenvalue weighted by atomic mass is 10.0. The van der Waals surface area contributed by atoms with E-state index in [0.29, 0.717) is 6.42 Å². The van der Waals surface area contributed by atoms with Crippen LogP contribution in [-0.4, -0.2) is 40.2 Å². The predicted octanol–water partition coefficient (Wildman–Crippen LogP) is 3.68. The molecule has 2 atom stereocenters. The summed E-state index contributed by atoms with van der Waals surface area (Å²) in [6.45, 7) is 12.0. The van der Waals surface area contributed by atoms with E-state index in [1.165, 1.54) is 13.2 Å². The molecule has 0 saturated carbocycles.